The Kier molecular flexibility index (Phi) is 4.71. The molecule has 0 amide bonds. The predicted octanol–water partition coefficient (Wildman–Crippen LogP) is 1.96. The summed E-state index contributed by atoms with van der Waals surface area (Å²) >= 11 is 0. The van der Waals surface area contributed by atoms with Gasteiger partial charge in [0.1, 0.15) is 5.60 Å². The summed E-state index contributed by atoms with van der Waals surface area (Å²) in [5.74, 6) is -0.452. The lowest BCUT2D eigenvalue weighted by Crippen LogP contribution is -2.26. The Morgan fingerprint density at radius 2 is 2.17 bits per heavy atom. The highest BCUT2D eigenvalue weighted by molar-refractivity contribution is 5.80. The number of esters is 1. The summed E-state index contributed by atoms with van der Waals surface area (Å²) in [4.78, 5) is 16.1. The lowest BCUT2D eigenvalue weighted by molar-refractivity contribution is -0.160. The maximum atomic E-state index is 11.3. The standard InChI is InChI=1S/C13H18N2O3/c1-13(2,3)18-12(16)9-17-15-8-10-5-4-6-11(14)7-10/h4-8H,9,14H2,1-3H3/b15-8+. The van der Waals surface area contributed by atoms with Crippen molar-refractivity contribution in [3.05, 3.63) is 29.8 Å². The molecule has 0 spiro atoms. The van der Waals surface area contributed by atoms with E-state index in [0.29, 0.717) is 5.69 Å². The predicted molar refractivity (Wildman–Crippen MR) is 70.2 cm³/mol. The maximum Gasteiger partial charge on any atom is 0.347 e. The molecule has 0 atom stereocenters. The van der Waals surface area contributed by atoms with Gasteiger partial charge in [0, 0.05) is 5.69 Å². The van der Waals surface area contributed by atoms with Crippen molar-refractivity contribution < 1.29 is 14.4 Å². The topological polar surface area (TPSA) is 73.9 Å². The first-order valence-electron chi connectivity index (χ1n) is 5.59. The average molecular weight is 250 g/mol. The summed E-state index contributed by atoms with van der Waals surface area (Å²) in [6.07, 6.45) is 1.49. The number of hydrogen-bond acceptors (Lipinski definition) is 5. The fraction of sp³-hybridized carbons (Fsp3) is 0.385. The molecular formula is C13H18N2O3. The molecule has 2 N–H and O–H groups in total. The molecule has 0 heterocycles. The van der Waals surface area contributed by atoms with Crippen LogP contribution in [0.1, 0.15) is 26.3 Å². The van der Waals surface area contributed by atoms with Crippen molar-refractivity contribution in [2.75, 3.05) is 12.3 Å². The Morgan fingerprint density at radius 3 is 2.78 bits per heavy atom. The zero-order chi connectivity index (χ0) is 13.6. The number of carbonyl (C=O) groups excluding carboxylic acids is 1. The normalized spacial score (nSPS) is 11.5. The Morgan fingerprint density at radius 1 is 1.44 bits per heavy atom. The van der Waals surface area contributed by atoms with Crippen LogP contribution in [0.5, 0.6) is 0 Å². The summed E-state index contributed by atoms with van der Waals surface area (Å²) in [6, 6.07) is 7.17. The van der Waals surface area contributed by atoms with Crippen LogP contribution in [0.3, 0.4) is 0 Å². The lowest BCUT2D eigenvalue weighted by atomic mass is 10.2. The van der Waals surface area contributed by atoms with Crippen molar-refractivity contribution in [2.45, 2.75) is 26.4 Å². The second kappa shape index (κ2) is 6.05. The van der Waals surface area contributed by atoms with Gasteiger partial charge in [-0.15, -0.1) is 0 Å². The summed E-state index contributed by atoms with van der Waals surface area (Å²) in [6.45, 7) is 5.17. The molecule has 0 radical (unpaired) electrons. The molecule has 1 aromatic carbocycles. The summed E-state index contributed by atoms with van der Waals surface area (Å²) in [5, 5.41) is 3.67. The van der Waals surface area contributed by atoms with Crippen LogP contribution >= 0.6 is 0 Å². The zero-order valence-electron chi connectivity index (χ0n) is 10.8. The van der Waals surface area contributed by atoms with Crippen LogP contribution in [0.15, 0.2) is 29.4 Å². The van der Waals surface area contributed by atoms with E-state index in [1.807, 2.05) is 12.1 Å². The van der Waals surface area contributed by atoms with Gasteiger partial charge in [0.25, 0.3) is 0 Å². The van der Waals surface area contributed by atoms with Crippen molar-refractivity contribution in [2.24, 2.45) is 5.16 Å². The van der Waals surface area contributed by atoms with Crippen molar-refractivity contribution in [1.29, 1.82) is 0 Å². The Balaban J connectivity index is 2.36. The van der Waals surface area contributed by atoms with Gasteiger partial charge < -0.3 is 15.3 Å². The smallest absolute Gasteiger partial charge is 0.347 e. The van der Waals surface area contributed by atoms with Crippen molar-refractivity contribution in [1.82, 2.24) is 0 Å². The van der Waals surface area contributed by atoms with Crippen LogP contribution < -0.4 is 5.73 Å². The van der Waals surface area contributed by atoms with Crippen LogP contribution in [0.4, 0.5) is 5.69 Å². The molecule has 1 aromatic rings. The quantitative estimate of drug-likeness (QED) is 0.383. The van der Waals surface area contributed by atoms with Gasteiger partial charge in [-0.3, -0.25) is 0 Å². The molecule has 98 valence electrons. The van der Waals surface area contributed by atoms with E-state index < -0.39 is 11.6 Å². The summed E-state index contributed by atoms with van der Waals surface area (Å²) in [7, 11) is 0. The number of benzene rings is 1. The molecule has 0 aliphatic rings. The van der Waals surface area contributed by atoms with Gasteiger partial charge in [0.05, 0.1) is 6.21 Å². The Labute approximate surface area is 107 Å². The second-order valence-corrected chi connectivity index (χ2v) is 4.76. The van der Waals surface area contributed by atoms with Crippen molar-refractivity contribution in [3.63, 3.8) is 0 Å². The molecule has 1 rings (SSSR count). The molecular weight excluding hydrogens is 232 g/mol. The van der Waals surface area contributed by atoms with Gasteiger partial charge in [-0.05, 0) is 38.5 Å². The second-order valence-electron chi connectivity index (χ2n) is 4.76. The zero-order valence-corrected chi connectivity index (χ0v) is 10.8. The van der Waals surface area contributed by atoms with Gasteiger partial charge in [-0.2, -0.15) is 0 Å². The Bertz CT molecular complexity index is 436. The minimum atomic E-state index is -0.516. The fourth-order valence-corrected chi connectivity index (χ4v) is 1.20. The molecule has 18 heavy (non-hydrogen) atoms. The van der Waals surface area contributed by atoms with E-state index in [4.69, 9.17) is 15.3 Å². The van der Waals surface area contributed by atoms with E-state index in [2.05, 4.69) is 5.16 Å². The molecule has 0 unspecified atom stereocenters. The van der Waals surface area contributed by atoms with E-state index in [-0.39, 0.29) is 6.61 Å². The molecule has 0 aliphatic carbocycles. The monoisotopic (exact) mass is 250 g/mol. The third-order valence-electron chi connectivity index (χ3n) is 1.79. The van der Waals surface area contributed by atoms with Gasteiger partial charge in [0.15, 0.2) is 0 Å². The minimum absolute atomic E-state index is 0.212. The van der Waals surface area contributed by atoms with E-state index in [9.17, 15) is 4.79 Å². The van der Waals surface area contributed by atoms with E-state index in [1.54, 1.807) is 32.9 Å². The highest BCUT2D eigenvalue weighted by Crippen LogP contribution is 2.07. The van der Waals surface area contributed by atoms with Gasteiger partial charge >= 0.3 is 5.97 Å². The fourth-order valence-electron chi connectivity index (χ4n) is 1.20. The molecule has 0 fully saturated rings. The first-order valence-corrected chi connectivity index (χ1v) is 5.59. The van der Waals surface area contributed by atoms with E-state index in [0.717, 1.165) is 5.56 Å². The van der Waals surface area contributed by atoms with Crippen LogP contribution in [0.25, 0.3) is 0 Å². The van der Waals surface area contributed by atoms with Gasteiger partial charge in [-0.1, -0.05) is 17.3 Å². The number of nitrogens with zero attached hydrogens (tertiary/aromatic N) is 1. The van der Waals surface area contributed by atoms with Crippen LogP contribution in [-0.2, 0) is 14.4 Å². The molecule has 0 aliphatic heterocycles. The number of rotatable bonds is 4. The van der Waals surface area contributed by atoms with E-state index >= 15 is 0 Å². The number of nitrogens with two attached hydrogens (primary N) is 1. The SMILES string of the molecule is CC(C)(C)OC(=O)CO/N=C/c1cccc(N)c1. The number of oxime groups is 1. The maximum absolute atomic E-state index is 11.3. The number of carbonyl (C=O) groups is 1. The minimum Gasteiger partial charge on any atom is -0.457 e. The molecule has 0 saturated carbocycles. The summed E-state index contributed by atoms with van der Waals surface area (Å²) in [5.41, 5.74) is 6.54. The van der Waals surface area contributed by atoms with Crippen molar-refractivity contribution in [3.8, 4) is 0 Å². The first kappa shape index (κ1) is 14.0. The van der Waals surface area contributed by atoms with Gasteiger partial charge in [0.2, 0.25) is 6.61 Å². The number of hydrogen-bond donors (Lipinski definition) is 1. The molecule has 0 saturated heterocycles. The van der Waals surface area contributed by atoms with Crippen molar-refractivity contribution >= 4 is 17.9 Å². The molecule has 0 aromatic heterocycles. The highest BCUT2D eigenvalue weighted by atomic mass is 16.7. The lowest BCUT2D eigenvalue weighted by Gasteiger charge is -2.18. The largest absolute Gasteiger partial charge is 0.457 e. The average Bonchev–Trinajstić information content (AvgIpc) is 2.22. The third-order valence-corrected chi connectivity index (χ3v) is 1.79. The summed E-state index contributed by atoms with van der Waals surface area (Å²) < 4.78 is 5.05. The molecule has 0 bridgehead atoms. The number of anilines is 1. The van der Waals surface area contributed by atoms with Gasteiger partial charge in [-0.25, -0.2) is 4.79 Å². The molecule has 5 heteroatoms. The Hall–Kier alpha value is -2.04. The number of nitrogen functional groups attached to an aromatic ring is 1. The third kappa shape index (κ3) is 5.89. The van der Waals surface area contributed by atoms with Crippen LogP contribution in [0.2, 0.25) is 0 Å². The number of ether oxygens (including phenoxy) is 1. The van der Waals surface area contributed by atoms with E-state index in [1.165, 1.54) is 6.21 Å². The first-order chi connectivity index (χ1) is 8.37. The highest BCUT2D eigenvalue weighted by Gasteiger charge is 2.16. The van der Waals surface area contributed by atoms with Crippen LogP contribution in [-0.4, -0.2) is 24.4 Å². The molecule has 5 nitrogen and oxygen atoms in total. The van der Waals surface area contributed by atoms with Crippen LogP contribution in [0, 0.1) is 0 Å².